The second-order valence-corrected chi connectivity index (χ2v) is 7.59. The average Bonchev–Trinajstić information content (AvgIpc) is 3.12. The zero-order valence-corrected chi connectivity index (χ0v) is 15.9. The number of rotatable bonds is 6. The summed E-state index contributed by atoms with van der Waals surface area (Å²) in [6.45, 7) is 1.78. The predicted octanol–water partition coefficient (Wildman–Crippen LogP) is 2.98. The van der Waals surface area contributed by atoms with Gasteiger partial charge in [-0.2, -0.15) is 11.8 Å². The fourth-order valence-electron chi connectivity index (χ4n) is 3.03. The lowest BCUT2D eigenvalue weighted by Gasteiger charge is -2.12. The fraction of sp³-hybridized carbons (Fsp3) is 0.400. The highest BCUT2D eigenvalue weighted by molar-refractivity contribution is 7.99. The third-order valence-corrected chi connectivity index (χ3v) is 5.67. The molecule has 1 N–H and O–H groups in total. The number of carbonyl (C=O) groups is 1. The molecule has 3 rings (SSSR count). The molecule has 26 heavy (non-hydrogen) atoms. The Morgan fingerprint density at radius 2 is 2.08 bits per heavy atom. The molecule has 5 nitrogen and oxygen atoms in total. The molecule has 0 bridgehead atoms. The van der Waals surface area contributed by atoms with Crippen molar-refractivity contribution < 1.29 is 13.9 Å². The summed E-state index contributed by atoms with van der Waals surface area (Å²) in [5.41, 5.74) is 1.36. The number of hydrogen-bond donors (Lipinski definition) is 1. The summed E-state index contributed by atoms with van der Waals surface area (Å²) in [6, 6.07) is 9.73. The third kappa shape index (κ3) is 4.49. The molecule has 0 aliphatic carbocycles. The van der Waals surface area contributed by atoms with E-state index in [0.29, 0.717) is 17.7 Å². The zero-order chi connectivity index (χ0) is 18.5. The van der Waals surface area contributed by atoms with Crippen molar-refractivity contribution in [3.63, 3.8) is 0 Å². The van der Waals surface area contributed by atoms with E-state index in [1.807, 2.05) is 36.0 Å². The maximum absolute atomic E-state index is 12.4. The first kappa shape index (κ1) is 18.6. The van der Waals surface area contributed by atoms with Gasteiger partial charge in [-0.25, -0.2) is 4.79 Å². The van der Waals surface area contributed by atoms with Gasteiger partial charge in [-0.3, -0.25) is 4.79 Å². The van der Waals surface area contributed by atoms with Gasteiger partial charge in [0.15, 0.2) is 0 Å². The molecule has 1 aromatic carbocycles. The minimum Gasteiger partial charge on any atom is -0.497 e. The van der Waals surface area contributed by atoms with Gasteiger partial charge in [-0.1, -0.05) is 12.1 Å². The molecule has 1 atom stereocenters. The van der Waals surface area contributed by atoms with Crippen molar-refractivity contribution in [3.05, 3.63) is 63.2 Å². The first-order chi connectivity index (χ1) is 12.6. The smallest absolute Gasteiger partial charge is 0.349 e. The number of thioether (sulfide) groups is 1. The Balaban J connectivity index is 1.67. The fourth-order valence-corrected chi connectivity index (χ4v) is 4.19. The van der Waals surface area contributed by atoms with Crippen LogP contribution in [-0.2, 0) is 12.8 Å². The van der Waals surface area contributed by atoms with Crippen molar-refractivity contribution in [1.82, 2.24) is 5.32 Å². The first-order valence-corrected chi connectivity index (χ1v) is 9.87. The molecule has 138 valence electrons. The predicted molar refractivity (Wildman–Crippen MR) is 103 cm³/mol. The van der Waals surface area contributed by atoms with E-state index in [-0.39, 0.29) is 17.5 Å². The van der Waals surface area contributed by atoms with Gasteiger partial charge in [-0.15, -0.1) is 0 Å². The maximum Gasteiger partial charge on any atom is 0.349 e. The van der Waals surface area contributed by atoms with Crippen molar-refractivity contribution in [2.24, 2.45) is 0 Å². The number of amides is 1. The molecular weight excluding hydrogens is 350 g/mol. The molecule has 6 heteroatoms. The van der Waals surface area contributed by atoms with Crippen molar-refractivity contribution in [1.29, 1.82) is 0 Å². The molecule has 1 amide bonds. The van der Waals surface area contributed by atoms with Gasteiger partial charge in [0.2, 0.25) is 0 Å². The van der Waals surface area contributed by atoms with Crippen LogP contribution in [0.3, 0.4) is 0 Å². The summed E-state index contributed by atoms with van der Waals surface area (Å²) in [5.74, 6) is 3.02. The molecule has 2 heterocycles. The molecule has 1 aromatic heterocycles. The van der Waals surface area contributed by atoms with Gasteiger partial charge < -0.3 is 14.5 Å². The lowest BCUT2D eigenvalue weighted by molar-refractivity contribution is 0.0936. The van der Waals surface area contributed by atoms with E-state index in [0.717, 1.165) is 35.7 Å². The molecule has 1 aliphatic rings. The molecule has 1 saturated heterocycles. The number of methoxy groups -OCH3 is 1. The average molecular weight is 373 g/mol. The van der Waals surface area contributed by atoms with E-state index in [1.54, 1.807) is 20.1 Å². The Hall–Kier alpha value is -2.21. The van der Waals surface area contributed by atoms with Crippen LogP contribution >= 0.6 is 11.8 Å². The third-order valence-electron chi connectivity index (χ3n) is 4.51. The lowest BCUT2D eigenvalue weighted by atomic mass is 10.1. The maximum atomic E-state index is 12.4. The summed E-state index contributed by atoms with van der Waals surface area (Å²) in [6.07, 6.45) is 2.29. The van der Waals surface area contributed by atoms with Crippen LogP contribution in [0, 0.1) is 6.92 Å². The molecule has 0 saturated carbocycles. The summed E-state index contributed by atoms with van der Waals surface area (Å²) < 4.78 is 10.5. The number of benzene rings is 1. The Labute approximate surface area is 157 Å². The SMILES string of the molecule is COc1ccc(CCc2cc(C)c(C(=O)NC3CCSC3)c(=O)o2)cc1. The highest BCUT2D eigenvalue weighted by atomic mass is 32.2. The van der Waals surface area contributed by atoms with E-state index in [2.05, 4.69) is 5.32 Å². The normalized spacial score (nSPS) is 16.5. The number of hydrogen-bond acceptors (Lipinski definition) is 5. The zero-order valence-electron chi connectivity index (χ0n) is 15.0. The van der Waals surface area contributed by atoms with E-state index in [9.17, 15) is 9.59 Å². The van der Waals surface area contributed by atoms with E-state index >= 15 is 0 Å². The number of ether oxygens (including phenoxy) is 1. The van der Waals surface area contributed by atoms with E-state index in [4.69, 9.17) is 9.15 Å². The Kier molecular flexibility index (Phi) is 6.04. The minimum atomic E-state index is -0.558. The number of nitrogens with one attached hydrogen (secondary N) is 1. The van der Waals surface area contributed by atoms with Gasteiger partial charge in [0, 0.05) is 18.2 Å². The Morgan fingerprint density at radius 3 is 2.69 bits per heavy atom. The van der Waals surface area contributed by atoms with Gasteiger partial charge in [-0.05, 0) is 54.8 Å². The van der Waals surface area contributed by atoms with Gasteiger partial charge in [0.1, 0.15) is 17.1 Å². The molecule has 1 unspecified atom stereocenters. The van der Waals surface area contributed by atoms with Crippen molar-refractivity contribution >= 4 is 17.7 Å². The minimum absolute atomic E-state index is 0.120. The largest absolute Gasteiger partial charge is 0.497 e. The van der Waals surface area contributed by atoms with Crippen molar-refractivity contribution in [2.75, 3.05) is 18.6 Å². The molecule has 2 aromatic rings. The number of carbonyl (C=O) groups excluding carboxylic acids is 1. The summed E-state index contributed by atoms with van der Waals surface area (Å²) in [7, 11) is 1.63. The molecule has 0 radical (unpaired) electrons. The van der Waals surface area contributed by atoms with Crippen LogP contribution in [0.5, 0.6) is 5.75 Å². The van der Waals surface area contributed by atoms with Crippen LogP contribution in [0.4, 0.5) is 0 Å². The summed E-state index contributed by atoms with van der Waals surface area (Å²) >= 11 is 1.81. The van der Waals surface area contributed by atoms with Crippen LogP contribution in [0.15, 0.2) is 39.5 Å². The molecular formula is C20H23NO4S. The van der Waals surface area contributed by atoms with Crippen molar-refractivity contribution in [3.8, 4) is 5.75 Å². The van der Waals surface area contributed by atoms with Crippen LogP contribution in [0.2, 0.25) is 0 Å². The van der Waals surface area contributed by atoms with Crippen LogP contribution in [0.1, 0.15) is 33.7 Å². The summed E-state index contributed by atoms with van der Waals surface area (Å²) in [4.78, 5) is 24.7. The second kappa shape index (κ2) is 8.45. The lowest BCUT2D eigenvalue weighted by Crippen LogP contribution is -2.37. The molecule has 0 spiro atoms. The van der Waals surface area contributed by atoms with Gasteiger partial charge in [0.05, 0.1) is 7.11 Å². The van der Waals surface area contributed by atoms with Crippen molar-refractivity contribution in [2.45, 2.75) is 32.2 Å². The number of aryl methyl sites for hydroxylation is 3. The first-order valence-electron chi connectivity index (χ1n) is 8.72. The van der Waals surface area contributed by atoms with Crippen LogP contribution < -0.4 is 15.7 Å². The van der Waals surface area contributed by atoms with Crippen LogP contribution in [0.25, 0.3) is 0 Å². The highest BCUT2D eigenvalue weighted by Gasteiger charge is 2.22. The van der Waals surface area contributed by atoms with Crippen LogP contribution in [-0.4, -0.2) is 30.6 Å². The molecule has 1 aliphatic heterocycles. The quantitative estimate of drug-likeness (QED) is 0.843. The standard InChI is InChI=1S/C20H23NO4S/c1-13-11-17(8-5-14-3-6-16(24-2)7-4-14)25-20(23)18(13)19(22)21-15-9-10-26-12-15/h3-4,6-7,11,15H,5,8-10,12H2,1-2H3,(H,21,22). The Bertz CT molecular complexity index is 823. The van der Waals surface area contributed by atoms with Gasteiger partial charge in [0.25, 0.3) is 5.91 Å². The Morgan fingerprint density at radius 1 is 1.31 bits per heavy atom. The van der Waals surface area contributed by atoms with E-state index < -0.39 is 5.63 Å². The monoisotopic (exact) mass is 373 g/mol. The second-order valence-electron chi connectivity index (χ2n) is 6.44. The summed E-state index contributed by atoms with van der Waals surface area (Å²) in [5, 5.41) is 2.93. The molecule has 1 fully saturated rings. The van der Waals surface area contributed by atoms with E-state index in [1.165, 1.54) is 0 Å². The topological polar surface area (TPSA) is 68.5 Å². The highest BCUT2D eigenvalue weighted by Crippen LogP contribution is 2.18. The van der Waals surface area contributed by atoms with Gasteiger partial charge >= 0.3 is 5.63 Å².